The highest BCUT2D eigenvalue weighted by molar-refractivity contribution is 9.10. The number of ether oxygens (including phenoxy) is 1. The summed E-state index contributed by atoms with van der Waals surface area (Å²) in [5, 5.41) is 2.89. The molecular weight excluding hydrogens is 606 g/mol. The quantitative estimate of drug-likeness (QED) is 0.283. The summed E-state index contributed by atoms with van der Waals surface area (Å²) >= 11 is 3.42. The van der Waals surface area contributed by atoms with Gasteiger partial charge in [-0.25, -0.2) is 8.42 Å². The van der Waals surface area contributed by atoms with Crippen LogP contribution in [0.15, 0.2) is 76.1 Å². The average molecular weight is 645 g/mol. The predicted molar refractivity (Wildman–Crippen MR) is 165 cm³/mol. The monoisotopic (exact) mass is 643 g/mol. The number of rotatable bonds is 12. The van der Waals surface area contributed by atoms with Gasteiger partial charge in [-0.3, -0.25) is 13.9 Å². The van der Waals surface area contributed by atoms with E-state index < -0.39 is 28.5 Å². The summed E-state index contributed by atoms with van der Waals surface area (Å²) in [6.07, 6.45) is 0. The molecule has 0 saturated heterocycles. The number of hydrogen-bond donors (Lipinski definition) is 1. The number of benzene rings is 3. The number of carbonyl (C=O) groups excluding carboxylic acids is 2. The molecule has 0 aliphatic carbocycles. The maximum absolute atomic E-state index is 14.1. The Labute approximate surface area is 251 Å². The lowest BCUT2D eigenvalue weighted by Crippen LogP contribution is -2.51. The van der Waals surface area contributed by atoms with Crippen LogP contribution in [0.25, 0.3) is 0 Å². The van der Waals surface area contributed by atoms with Gasteiger partial charge in [0.2, 0.25) is 11.8 Å². The molecule has 0 saturated carbocycles. The molecule has 3 aromatic rings. The molecule has 0 spiro atoms. The van der Waals surface area contributed by atoms with Crippen LogP contribution in [0.1, 0.15) is 37.5 Å². The lowest BCUT2D eigenvalue weighted by Gasteiger charge is -2.32. The first kappa shape index (κ1) is 32.1. The molecule has 0 radical (unpaired) electrons. The van der Waals surface area contributed by atoms with Crippen molar-refractivity contribution in [2.45, 2.75) is 52.1 Å². The molecule has 2 amide bonds. The first-order valence-electron chi connectivity index (χ1n) is 13.4. The normalized spacial score (nSPS) is 12.1. The number of nitrogens with one attached hydrogen (secondary N) is 1. The van der Waals surface area contributed by atoms with Crippen LogP contribution >= 0.6 is 15.9 Å². The zero-order chi connectivity index (χ0) is 30.3. The summed E-state index contributed by atoms with van der Waals surface area (Å²) in [6.45, 7) is 9.36. The van der Waals surface area contributed by atoms with Gasteiger partial charge in [-0.15, -0.1) is 0 Å². The van der Waals surface area contributed by atoms with E-state index in [2.05, 4.69) is 21.2 Å². The summed E-state index contributed by atoms with van der Waals surface area (Å²) in [4.78, 5) is 28.7. The van der Waals surface area contributed by atoms with Crippen molar-refractivity contribution < 1.29 is 22.7 Å². The second-order valence-corrected chi connectivity index (χ2v) is 13.2. The largest absolute Gasteiger partial charge is 0.495 e. The van der Waals surface area contributed by atoms with E-state index in [1.54, 1.807) is 31.2 Å². The Morgan fingerprint density at radius 1 is 0.927 bits per heavy atom. The number of halogens is 1. The van der Waals surface area contributed by atoms with Gasteiger partial charge in [0.15, 0.2) is 0 Å². The molecule has 220 valence electrons. The van der Waals surface area contributed by atoms with Gasteiger partial charge in [-0.2, -0.15) is 0 Å². The van der Waals surface area contributed by atoms with Crippen molar-refractivity contribution in [2.75, 3.05) is 24.5 Å². The Morgan fingerprint density at radius 3 is 2.12 bits per heavy atom. The van der Waals surface area contributed by atoms with Crippen LogP contribution in [-0.4, -0.2) is 51.4 Å². The number of aryl methyl sites for hydroxylation is 2. The van der Waals surface area contributed by atoms with Gasteiger partial charge >= 0.3 is 0 Å². The molecule has 1 atom stereocenters. The fourth-order valence-corrected chi connectivity index (χ4v) is 5.85. The van der Waals surface area contributed by atoms with Crippen molar-refractivity contribution in [3.05, 3.63) is 87.9 Å². The van der Waals surface area contributed by atoms with Crippen LogP contribution in [0.5, 0.6) is 5.75 Å². The highest BCUT2D eigenvalue weighted by atomic mass is 79.9. The standard InChI is InChI=1S/C31H38BrN3O5S/c1-21(2)18-33-31(37)24(5)34(19-25-10-12-26(32)13-11-25)30(36)20-35(28-17-23(4)9-16-29(28)40-6)41(38,39)27-14-7-22(3)8-15-27/h7-17,21,24H,18-20H2,1-6H3,(H,33,37)/t24-/m1/s1. The van der Waals surface area contributed by atoms with E-state index in [1.165, 1.54) is 24.1 Å². The molecule has 0 unspecified atom stereocenters. The van der Waals surface area contributed by atoms with Gasteiger partial charge in [-0.1, -0.05) is 65.7 Å². The molecule has 0 aromatic heterocycles. The molecule has 10 heteroatoms. The van der Waals surface area contributed by atoms with Gasteiger partial charge in [0, 0.05) is 17.6 Å². The van der Waals surface area contributed by atoms with Crippen LogP contribution in [0, 0.1) is 19.8 Å². The maximum atomic E-state index is 14.1. The summed E-state index contributed by atoms with van der Waals surface area (Å²) in [6, 6.07) is 18.2. The molecule has 3 rings (SSSR count). The Bertz CT molecular complexity index is 1460. The Balaban J connectivity index is 2.08. The number of hydrogen-bond acceptors (Lipinski definition) is 5. The third-order valence-electron chi connectivity index (χ3n) is 6.61. The number of anilines is 1. The van der Waals surface area contributed by atoms with E-state index in [9.17, 15) is 18.0 Å². The number of amides is 2. The van der Waals surface area contributed by atoms with E-state index in [1.807, 2.05) is 58.0 Å². The van der Waals surface area contributed by atoms with Crippen molar-refractivity contribution in [2.24, 2.45) is 5.92 Å². The fraction of sp³-hybridized carbons (Fsp3) is 0.355. The third-order valence-corrected chi connectivity index (χ3v) is 8.91. The van der Waals surface area contributed by atoms with Crippen molar-refractivity contribution >= 4 is 43.5 Å². The van der Waals surface area contributed by atoms with Gasteiger partial charge < -0.3 is 15.0 Å². The van der Waals surface area contributed by atoms with Gasteiger partial charge in [0.25, 0.3) is 10.0 Å². The number of nitrogens with zero attached hydrogens (tertiary/aromatic N) is 2. The summed E-state index contributed by atoms with van der Waals surface area (Å²) < 4.78 is 35.6. The van der Waals surface area contributed by atoms with Crippen LogP contribution < -0.4 is 14.4 Å². The predicted octanol–water partition coefficient (Wildman–Crippen LogP) is 5.46. The Morgan fingerprint density at radius 2 is 1.54 bits per heavy atom. The molecule has 0 bridgehead atoms. The van der Waals surface area contributed by atoms with Crippen molar-refractivity contribution in [3.8, 4) is 5.75 Å². The van der Waals surface area contributed by atoms with E-state index in [-0.39, 0.29) is 29.0 Å². The summed E-state index contributed by atoms with van der Waals surface area (Å²) in [5.41, 5.74) is 2.74. The van der Waals surface area contributed by atoms with Crippen LogP contribution in [0.4, 0.5) is 5.69 Å². The van der Waals surface area contributed by atoms with E-state index >= 15 is 0 Å². The van der Waals surface area contributed by atoms with Crippen molar-refractivity contribution in [3.63, 3.8) is 0 Å². The average Bonchev–Trinajstić information content (AvgIpc) is 2.93. The molecule has 0 aliphatic heterocycles. The zero-order valence-corrected chi connectivity index (χ0v) is 26.8. The van der Waals surface area contributed by atoms with Gasteiger partial charge in [-0.05, 0) is 74.2 Å². The minimum absolute atomic E-state index is 0.0432. The fourth-order valence-electron chi connectivity index (χ4n) is 4.17. The minimum atomic E-state index is -4.20. The first-order valence-corrected chi connectivity index (χ1v) is 15.6. The molecule has 0 aliphatic rings. The van der Waals surface area contributed by atoms with Gasteiger partial charge in [0.1, 0.15) is 18.3 Å². The van der Waals surface area contributed by atoms with Gasteiger partial charge in [0.05, 0.1) is 17.7 Å². The Kier molecular flexibility index (Phi) is 11.0. The minimum Gasteiger partial charge on any atom is -0.495 e. The molecule has 41 heavy (non-hydrogen) atoms. The Hall–Kier alpha value is -3.37. The number of carbonyl (C=O) groups is 2. The highest BCUT2D eigenvalue weighted by Crippen LogP contribution is 2.34. The highest BCUT2D eigenvalue weighted by Gasteiger charge is 2.34. The molecule has 3 aromatic carbocycles. The van der Waals surface area contributed by atoms with Crippen LogP contribution in [0.2, 0.25) is 0 Å². The smallest absolute Gasteiger partial charge is 0.264 e. The lowest BCUT2D eigenvalue weighted by atomic mass is 10.1. The molecule has 8 nitrogen and oxygen atoms in total. The lowest BCUT2D eigenvalue weighted by molar-refractivity contribution is -0.139. The second kappa shape index (κ2) is 14.0. The number of sulfonamides is 1. The van der Waals surface area contributed by atoms with Crippen LogP contribution in [-0.2, 0) is 26.2 Å². The second-order valence-electron chi connectivity index (χ2n) is 10.5. The zero-order valence-electron chi connectivity index (χ0n) is 24.3. The van der Waals surface area contributed by atoms with E-state index in [4.69, 9.17) is 4.74 Å². The van der Waals surface area contributed by atoms with E-state index in [0.29, 0.717) is 12.3 Å². The topological polar surface area (TPSA) is 96.0 Å². The summed E-state index contributed by atoms with van der Waals surface area (Å²) in [7, 11) is -2.74. The summed E-state index contributed by atoms with van der Waals surface area (Å²) in [5.74, 6) is -0.309. The molecular formula is C31H38BrN3O5S. The van der Waals surface area contributed by atoms with Crippen molar-refractivity contribution in [1.82, 2.24) is 10.2 Å². The number of methoxy groups -OCH3 is 1. The van der Waals surface area contributed by atoms with E-state index in [0.717, 1.165) is 25.5 Å². The van der Waals surface area contributed by atoms with Crippen LogP contribution in [0.3, 0.4) is 0 Å². The maximum Gasteiger partial charge on any atom is 0.264 e. The van der Waals surface area contributed by atoms with Crippen molar-refractivity contribution in [1.29, 1.82) is 0 Å². The first-order chi connectivity index (χ1) is 19.3. The molecule has 0 heterocycles. The molecule has 1 N–H and O–H groups in total. The molecule has 0 fully saturated rings. The SMILES string of the molecule is COc1ccc(C)cc1N(CC(=O)N(Cc1ccc(Br)cc1)[C@H](C)C(=O)NCC(C)C)S(=O)(=O)c1ccc(C)cc1. The third kappa shape index (κ3) is 8.33.